The molecule has 7 heteroatoms. The zero-order valence-electron chi connectivity index (χ0n) is 35.3. The fourth-order valence-corrected chi connectivity index (χ4v) is 9.38. The van der Waals surface area contributed by atoms with Gasteiger partial charge in [0.1, 0.15) is 0 Å². The maximum atomic E-state index is 13.8. The highest BCUT2D eigenvalue weighted by Gasteiger charge is 2.33. The topological polar surface area (TPSA) is 92.8 Å². The number of methoxy groups -OCH3 is 1. The largest absolute Gasteiger partial charge is 0.493 e. The Morgan fingerprint density at radius 2 is 1.02 bits per heavy atom. The van der Waals surface area contributed by atoms with Gasteiger partial charge in [-0.25, -0.2) is 0 Å². The Morgan fingerprint density at radius 3 is 1.51 bits per heavy atom. The third kappa shape index (κ3) is 9.68. The van der Waals surface area contributed by atoms with Crippen molar-refractivity contribution in [3.05, 3.63) is 202 Å². The zero-order chi connectivity index (χ0) is 42.0. The minimum atomic E-state index is -0.470. The van der Waals surface area contributed by atoms with Crippen LogP contribution in [0.2, 0.25) is 0 Å². The molecular formula is C54H54N4O3. The highest BCUT2D eigenvalue weighted by molar-refractivity contribution is 6.11. The summed E-state index contributed by atoms with van der Waals surface area (Å²) < 4.78 is 5.41. The lowest BCUT2D eigenvalue weighted by Gasteiger charge is -2.32. The van der Waals surface area contributed by atoms with E-state index >= 15 is 0 Å². The fourth-order valence-electron chi connectivity index (χ4n) is 9.38. The second-order valence-electron chi connectivity index (χ2n) is 16.8. The van der Waals surface area contributed by atoms with E-state index in [9.17, 15) is 9.59 Å². The lowest BCUT2D eigenvalue weighted by Crippen LogP contribution is -2.25. The van der Waals surface area contributed by atoms with Gasteiger partial charge >= 0.3 is 0 Å². The minimum absolute atomic E-state index is 0.121. The number of benzene rings is 4. The summed E-state index contributed by atoms with van der Waals surface area (Å²) in [6.07, 6.45) is 23.4. The lowest BCUT2D eigenvalue weighted by molar-refractivity contribution is -0.115. The maximum absolute atomic E-state index is 13.8. The molecule has 308 valence electrons. The molecule has 2 saturated carbocycles. The number of nitrogens with zero attached hydrogens (tertiary/aromatic N) is 4. The number of carbonyl (C=O) groups is 2. The molecule has 7 nitrogen and oxygen atoms in total. The highest BCUT2D eigenvalue weighted by Crippen LogP contribution is 2.41. The average Bonchev–Trinajstić information content (AvgIpc) is 3.31. The Kier molecular flexibility index (Phi) is 13.1. The van der Waals surface area contributed by atoms with E-state index in [1.165, 1.54) is 45.6 Å². The molecule has 0 aromatic heterocycles. The molecule has 4 aliphatic rings. The summed E-state index contributed by atoms with van der Waals surface area (Å²) >= 11 is 0. The van der Waals surface area contributed by atoms with Crippen molar-refractivity contribution in [2.75, 3.05) is 7.11 Å². The van der Waals surface area contributed by atoms with Gasteiger partial charge in [-0.05, 0) is 126 Å². The van der Waals surface area contributed by atoms with E-state index in [-0.39, 0.29) is 17.3 Å². The third-order valence-electron chi connectivity index (χ3n) is 12.9. The van der Waals surface area contributed by atoms with Crippen molar-refractivity contribution in [1.29, 1.82) is 0 Å². The van der Waals surface area contributed by atoms with Crippen LogP contribution >= 0.6 is 0 Å². The van der Waals surface area contributed by atoms with Crippen LogP contribution in [0.5, 0.6) is 0 Å². The molecule has 0 radical (unpaired) electrons. The molecule has 4 aromatic rings. The predicted octanol–water partition coefficient (Wildman–Crippen LogP) is 13.9. The molecule has 8 rings (SSSR count). The highest BCUT2D eigenvalue weighted by atomic mass is 16.5. The molecular weight excluding hydrogens is 753 g/mol. The van der Waals surface area contributed by atoms with Crippen LogP contribution in [0.15, 0.2) is 200 Å². The van der Waals surface area contributed by atoms with E-state index in [0.29, 0.717) is 29.5 Å². The number of hydrogen-bond donors (Lipinski definition) is 0. The fraction of sp³-hybridized carbons (Fsp3) is 0.296. The van der Waals surface area contributed by atoms with Crippen molar-refractivity contribution >= 4 is 22.9 Å². The monoisotopic (exact) mass is 806 g/mol. The van der Waals surface area contributed by atoms with E-state index in [1.807, 2.05) is 72.9 Å². The summed E-state index contributed by atoms with van der Waals surface area (Å²) in [4.78, 5) is 26.8. The molecule has 1 unspecified atom stereocenters. The summed E-state index contributed by atoms with van der Waals surface area (Å²) in [5.74, 6) is 1.13. The van der Waals surface area contributed by atoms with Gasteiger partial charge in [0.15, 0.2) is 11.5 Å². The Balaban J connectivity index is 1.01. The molecule has 0 amide bonds. The minimum Gasteiger partial charge on any atom is -0.493 e. The average molecular weight is 807 g/mol. The van der Waals surface area contributed by atoms with Gasteiger partial charge < -0.3 is 4.74 Å². The summed E-state index contributed by atoms with van der Waals surface area (Å²) in [6, 6.07) is 36.9. The van der Waals surface area contributed by atoms with Gasteiger partial charge in [0, 0.05) is 28.6 Å². The first-order valence-corrected chi connectivity index (χ1v) is 21.9. The van der Waals surface area contributed by atoms with E-state index in [4.69, 9.17) is 4.74 Å². The van der Waals surface area contributed by atoms with Crippen molar-refractivity contribution in [1.82, 2.24) is 0 Å². The van der Waals surface area contributed by atoms with E-state index < -0.39 is 5.41 Å². The van der Waals surface area contributed by atoms with Crippen molar-refractivity contribution in [3.63, 3.8) is 0 Å². The Hall–Kier alpha value is -6.34. The van der Waals surface area contributed by atoms with E-state index in [2.05, 4.69) is 88.1 Å². The molecule has 2 fully saturated rings. The Labute approximate surface area is 360 Å². The standard InChI is InChI=1S/C54H54N4O3/c1-54(44-21-13-6-14-22-44,45-23-27-47(28-24-45)57-55-36-39-32-43(52(59)51(35-39)61-2)31-38-15-7-3-8-16-38)46-25-29-48(30-26-46)58-56-37-40-33-49(41-17-9-4-10-18-41)53(60)50(34-40)42-19-11-5-12-20-42/h3,6-8,13-16,21-30,32-37,41-42H,4-5,9-12,17-20,31H2,1-2H3. The number of carbonyl (C=O) groups excluding carboxylic acids is 2. The first-order chi connectivity index (χ1) is 29.9. The van der Waals surface area contributed by atoms with Gasteiger partial charge in [0.05, 0.1) is 30.9 Å². The molecule has 1 atom stereocenters. The maximum Gasteiger partial charge on any atom is 0.223 e. The molecule has 0 N–H and O–H groups in total. The summed E-state index contributed by atoms with van der Waals surface area (Å²) in [5.41, 5.74) is 9.77. The number of azo groups is 2. The first-order valence-electron chi connectivity index (χ1n) is 21.9. The number of Topliss-reactive ketones (excluding diaryl/α,β-unsaturated/α-hetero) is 2. The van der Waals surface area contributed by atoms with E-state index in [0.717, 1.165) is 75.9 Å². The van der Waals surface area contributed by atoms with Gasteiger partial charge in [0.25, 0.3) is 0 Å². The summed E-state index contributed by atoms with van der Waals surface area (Å²) in [6.45, 7) is 2.24. The molecule has 4 aromatic carbocycles. The smallest absolute Gasteiger partial charge is 0.223 e. The molecule has 0 spiro atoms. The second kappa shape index (κ2) is 19.4. The molecule has 0 bridgehead atoms. The lowest BCUT2D eigenvalue weighted by atomic mass is 9.71. The van der Waals surface area contributed by atoms with Gasteiger partial charge in [0.2, 0.25) is 5.78 Å². The van der Waals surface area contributed by atoms with Crippen LogP contribution in [0, 0.1) is 11.8 Å². The SMILES string of the molecule is COC1=CC(=CN=Nc2ccc(C(C)(c3ccccc3)c3ccc(N=NC=C4C=C(C5CCCCC5)C(=O)C(C5CCCCC5)=C4)cc3)cc2)C=C(Cc2ccccc2)C1=O. The predicted molar refractivity (Wildman–Crippen MR) is 243 cm³/mol. The van der Waals surface area contributed by atoms with Crippen molar-refractivity contribution in [3.8, 4) is 0 Å². The molecule has 61 heavy (non-hydrogen) atoms. The van der Waals surface area contributed by atoms with Crippen LogP contribution in [0.4, 0.5) is 11.4 Å². The van der Waals surface area contributed by atoms with Gasteiger partial charge in [-0.2, -0.15) is 20.5 Å². The summed E-state index contributed by atoms with van der Waals surface area (Å²) in [7, 11) is 1.51. The first kappa shape index (κ1) is 41.4. The number of ether oxygens (including phenoxy) is 1. The van der Waals surface area contributed by atoms with Crippen LogP contribution in [0.3, 0.4) is 0 Å². The Bertz CT molecular complexity index is 2420. The zero-order valence-corrected chi connectivity index (χ0v) is 35.3. The van der Waals surface area contributed by atoms with Crippen LogP contribution in [-0.2, 0) is 26.2 Å². The molecule has 0 aliphatic heterocycles. The number of hydrogen-bond acceptors (Lipinski definition) is 7. The van der Waals surface area contributed by atoms with Crippen LogP contribution in [0.25, 0.3) is 0 Å². The number of rotatable bonds is 12. The number of allylic oxidation sites excluding steroid dienone is 9. The van der Waals surface area contributed by atoms with E-state index in [1.54, 1.807) is 12.3 Å². The van der Waals surface area contributed by atoms with Crippen LogP contribution in [0.1, 0.15) is 93.4 Å². The quantitative estimate of drug-likeness (QED) is 0.105. The second-order valence-corrected chi connectivity index (χ2v) is 16.8. The Morgan fingerprint density at radius 1 is 0.557 bits per heavy atom. The van der Waals surface area contributed by atoms with Crippen LogP contribution < -0.4 is 0 Å². The van der Waals surface area contributed by atoms with Crippen molar-refractivity contribution in [2.45, 2.75) is 83.0 Å². The van der Waals surface area contributed by atoms with Gasteiger partial charge in [-0.15, -0.1) is 0 Å². The van der Waals surface area contributed by atoms with Crippen LogP contribution in [-0.4, -0.2) is 18.7 Å². The normalized spacial score (nSPS) is 19.7. The third-order valence-corrected chi connectivity index (χ3v) is 12.9. The molecule has 0 heterocycles. The molecule has 4 aliphatic carbocycles. The summed E-state index contributed by atoms with van der Waals surface area (Å²) in [5, 5.41) is 18.1. The van der Waals surface area contributed by atoms with Gasteiger partial charge in [-0.1, -0.05) is 123 Å². The molecule has 0 saturated heterocycles. The van der Waals surface area contributed by atoms with Crippen molar-refractivity contribution < 1.29 is 14.3 Å². The van der Waals surface area contributed by atoms with Gasteiger partial charge in [-0.3, -0.25) is 9.59 Å². The van der Waals surface area contributed by atoms with Crippen molar-refractivity contribution in [2.24, 2.45) is 32.3 Å². The number of ketones is 2.